The second kappa shape index (κ2) is 54.0. The molecule has 0 spiro atoms. The number of ether oxygens (including phenoxy) is 4. The maximum absolute atomic E-state index is 12.9. The third-order valence-electron chi connectivity index (χ3n) is 13.7. The van der Waals surface area contributed by atoms with Crippen molar-refractivity contribution in [1.82, 2.24) is 0 Å². The molecule has 0 rings (SSSR count). The van der Waals surface area contributed by atoms with E-state index in [0.717, 1.165) is 44.9 Å². The standard InChI is InChI=1S/C62H117NO8/c1-6-8-10-12-14-16-18-20-22-24-26-28-30-32-34-36-38-40-42-44-46-48-50-52-59(64)69-56-58(57-70-62(61(66)67)68-55-54-63(3,4)5)71-60(65)53-51-49-47-45-43-41-39-37-35-33-31-29-27-25-23-21-19-17-15-13-11-9-7-2/h19,21,25,27,58,62H,6-18,20,22-24,26,28-57H2,1-5H3/p+1/b21-19-,27-25-. The number of quaternary nitrogens is 1. The van der Waals surface area contributed by atoms with Gasteiger partial charge >= 0.3 is 17.9 Å². The molecule has 0 aromatic rings. The monoisotopic (exact) mass is 1000 g/mol. The second-order valence-electron chi connectivity index (χ2n) is 22.0. The van der Waals surface area contributed by atoms with Crippen LogP contribution >= 0.6 is 0 Å². The summed E-state index contributed by atoms with van der Waals surface area (Å²) >= 11 is 0. The molecule has 0 amide bonds. The van der Waals surface area contributed by atoms with Crippen LogP contribution in [0.5, 0.6) is 0 Å². The molecule has 0 bridgehead atoms. The molecule has 418 valence electrons. The normalized spacial score (nSPS) is 12.9. The summed E-state index contributed by atoms with van der Waals surface area (Å²) in [4.78, 5) is 37.5. The Balaban J connectivity index is 4.19. The van der Waals surface area contributed by atoms with Crippen molar-refractivity contribution in [2.75, 3.05) is 47.5 Å². The molecule has 0 saturated carbocycles. The largest absolute Gasteiger partial charge is 0.477 e. The Labute approximate surface area is 439 Å². The molecule has 1 N–H and O–H groups in total. The number of likely N-dealkylation sites (N-methyl/N-ethyl adjacent to an activating group) is 1. The number of allylic oxidation sites excluding steroid dienone is 4. The first kappa shape index (κ1) is 68.8. The summed E-state index contributed by atoms with van der Waals surface area (Å²) in [6.07, 6.45) is 61.1. The van der Waals surface area contributed by atoms with Gasteiger partial charge in [-0.05, 0) is 44.9 Å². The number of rotatable bonds is 57. The van der Waals surface area contributed by atoms with Crippen LogP contribution in [0.3, 0.4) is 0 Å². The average molecular weight is 1010 g/mol. The SMILES string of the molecule is CCCCCCC/C=C\C/C=C\CCCCCCCCCCCCCC(=O)OC(COC(=O)CCCCCCCCCCCCCCCCCCCCCCCCC)COC(OCC[N+](C)(C)C)C(=O)O. The maximum atomic E-state index is 12.9. The third kappa shape index (κ3) is 55.4. The predicted molar refractivity (Wildman–Crippen MR) is 300 cm³/mol. The van der Waals surface area contributed by atoms with Gasteiger partial charge in [-0.2, -0.15) is 0 Å². The quantitative estimate of drug-likeness (QED) is 0.0211. The molecule has 0 saturated heterocycles. The molecule has 0 radical (unpaired) electrons. The summed E-state index contributed by atoms with van der Waals surface area (Å²) in [7, 11) is 5.98. The summed E-state index contributed by atoms with van der Waals surface area (Å²) in [5, 5.41) is 9.71. The second-order valence-corrected chi connectivity index (χ2v) is 22.0. The van der Waals surface area contributed by atoms with E-state index in [2.05, 4.69) is 38.2 Å². The van der Waals surface area contributed by atoms with Gasteiger partial charge in [0.2, 0.25) is 0 Å². The van der Waals surface area contributed by atoms with Crippen LogP contribution in [-0.2, 0) is 33.3 Å². The fourth-order valence-corrected chi connectivity index (χ4v) is 8.99. The van der Waals surface area contributed by atoms with Gasteiger partial charge in [-0.3, -0.25) is 9.59 Å². The minimum atomic E-state index is -1.51. The smallest absolute Gasteiger partial charge is 0.361 e. The van der Waals surface area contributed by atoms with Gasteiger partial charge in [-0.15, -0.1) is 0 Å². The van der Waals surface area contributed by atoms with Crippen molar-refractivity contribution in [3.8, 4) is 0 Å². The molecule has 0 aliphatic heterocycles. The van der Waals surface area contributed by atoms with Crippen LogP contribution in [0.4, 0.5) is 0 Å². The number of carbonyl (C=O) groups excluding carboxylic acids is 2. The first-order chi connectivity index (χ1) is 34.6. The zero-order chi connectivity index (χ0) is 52.0. The molecule has 0 aliphatic rings. The number of hydrogen-bond acceptors (Lipinski definition) is 7. The molecule has 9 heteroatoms. The summed E-state index contributed by atoms with van der Waals surface area (Å²) in [5.74, 6) is -1.98. The van der Waals surface area contributed by atoms with Gasteiger partial charge in [0.05, 0.1) is 34.4 Å². The van der Waals surface area contributed by atoms with Gasteiger partial charge in [0.25, 0.3) is 6.29 Å². The topological polar surface area (TPSA) is 108 Å². The zero-order valence-electron chi connectivity index (χ0n) is 47.7. The molecule has 0 aliphatic carbocycles. The summed E-state index contributed by atoms with van der Waals surface area (Å²) < 4.78 is 22.9. The zero-order valence-corrected chi connectivity index (χ0v) is 47.7. The lowest BCUT2D eigenvalue weighted by Gasteiger charge is -2.25. The van der Waals surface area contributed by atoms with Crippen LogP contribution in [0, 0.1) is 0 Å². The molecule has 9 nitrogen and oxygen atoms in total. The number of carboxylic acids is 1. The van der Waals surface area contributed by atoms with E-state index in [1.165, 1.54) is 225 Å². The molecular formula is C62H118NO8+. The number of aliphatic carboxylic acids is 1. The molecule has 2 atom stereocenters. The van der Waals surface area contributed by atoms with E-state index in [4.69, 9.17) is 18.9 Å². The van der Waals surface area contributed by atoms with Gasteiger partial charge in [0.15, 0.2) is 6.10 Å². The summed E-state index contributed by atoms with van der Waals surface area (Å²) in [6.45, 7) is 4.92. The Morgan fingerprint density at radius 1 is 0.423 bits per heavy atom. The maximum Gasteiger partial charge on any atom is 0.361 e. The number of hydrogen-bond donors (Lipinski definition) is 1. The average Bonchev–Trinajstić information content (AvgIpc) is 3.34. The Hall–Kier alpha value is -2.23. The fraction of sp³-hybridized carbons (Fsp3) is 0.887. The highest BCUT2D eigenvalue weighted by Gasteiger charge is 2.25. The predicted octanol–water partition coefficient (Wildman–Crippen LogP) is 17.9. The van der Waals surface area contributed by atoms with E-state index in [9.17, 15) is 19.5 Å². The van der Waals surface area contributed by atoms with Crippen LogP contribution in [-0.4, -0.2) is 87.4 Å². The highest BCUT2D eigenvalue weighted by Crippen LogP contribution is 2.18. The Kier molecular flexibility index (Phi) is 52.3. The van der Waals surface area contributed by atoms with Gasteiger partial charge < -0.3 is 28.5 Å². The lowest BCUT2D eigenvalue weighted by atomic mass is 10.0. The van der Waals surface area contributed by atoms with E-state index in [-0.39, 0.29) is 32.2 Å². The molecular weight excluding hydrogens is 887 g/mol. The first-order valence-corrected chi connectivity index (χ1v) is 30.5. The van der Waals surface area contributed by atoms with E-state index in [1.54, 1.807) is 0 Å². The Morgan fingerprint density at radius 3 is 1.11 bits per heavy atom. The minimum Gasteiger partial charge on any atom is -0.477 e. The lowest BCUT2D eigenvalue weighted by Crippen LogP contribution is -2.40. The van der Waals surface area contributed by atoms with Crippen LogP contribution in [0.2, 0.25) is 0 Å². The number of esters is 2. The van der Waals surface area contributed by atoms with Crippen molar-refractivity contribution in [1.29, 1.82) is 0 Å². The highest BCUT2D eigenvalue weighted by molar-refractivity contribution is 5.71. The Morgan fingerprint density at radius 2 is 0.761 bits per heavy atom. The molecule has 0 aromatic heterocycles. The number of nitrogens with zero attached hydrogens (tertiary/aromatic N) is 1. The van der Waals surface area contributed by atoms with E-state index in [1.807, 2.05) is 21.1 Å². The van der Waals surface area contributed by atoms with Crippen molar-refractivity contribution in [2.45, 2.75) is 309 Å². The molecule has 0 aromatic carbocycles. The number of carbonyl (C=O) groups is 3. The van der Waals surface area contributed by atoms with E-state index in [0.29, 0.717) is 17.4 Å². The van der Waals surface area contributed by atoms with Gasteiger partial charge in [-0.1, -0.05) is 263 Å². The van der Waals surface area contributed by atoms with Crippen molar-refractivity contribution in [2.24, 2.45) is 0 Å². The molecule has 0 fully saturated rings. The highest BCUT2D eigenvalue weighted by atomic mass is 16.7. The van der Waals surface area contributed by atoms with Crippen molar-refractivity contribution in [3.05, 3.63) is 24.3 Å². The van der Waals surface area contributed by atoms with E-state index < -0.39 is 24.3 Å². The van der Waals surface area contributed by atoms with Crippen molar-refractivity contribution in [3.63, 3.8) is 0 Å². The van der Waals surface area contributed by atoms with Crippen LogP contribution in [0.15, 0.2) is 24.3 Å². The van der Waals surface area contributed by atoms with Crippen LogP contribution < -0.4 is 0 Å². The fourth-order valence-electron chi connectivity index (χ4n) is 8.99. The number of carboxylic acid groups (broad SMARTS) is 1. The first-order valence-electron chi connectivity index (χ1n) is 30.5. The Bertz CT molecular complexity index is 1210. The van der Waals surface area contributed by atoms with E-state index >= 15 is 0 Å². The van der Waals surface area contributed by atoms with Gasteiger partial charge in [0, 0.05) is 12.8 Å². The summed E-state index contributed by atoms with van der Waals surface area (Å²) in [5.41, 5.74) is 0. The molecule has 71 heavy (non-hydrogen) atoms. The number of unbranched alkanes of at least 4 members (excludes halogenated alkanes) is 38. The van der Waals surface area contributed by atoms with Crippen LogP contribution in [0.25, 0.3) is 0 Å². The third-order valence-corrected chi connectivity index (χ3v) is 13.7. The summed E-state index contributed by atoms with van der Waals surface area (Å²) in [6, 6.07) is 0. The van der Waals surface area contributed by atoms with Crippen molar-refractivity contribution < 1.29 is 42.9 Å². The van der Waals surface area contributed by atoms with Crippen LogP contribution in [0.1, 0.15) is 296 Å². The van der Waals surface area contributed by atoms with Gasteiger partial charge in [0.1, 0.15) is 13.2 Å². The van der Waals surface area contributed by atoms with Crippen molar-refractivity contribution >= 4 is 17.9 Å². The minimum absolute atomic E-state index is 0.177. The molecule has 0 heterocycles. The lowest BCUT2D eigenvalue weighted by molar-refractivity contribution is -0.870. The molecule has 2 unspecified atom stereocenters. The van der Waals surface area contributed by atoms with Gasteiger partial charge in [-0.25, -0.2) is 4.79 Å².